The lowest BCUT2D eigenvalue weighted by molar-refractivity contribution is 0.143. The van der Waals surface area contributed by atoms with Gasteiger partial charge in [0.1, 0.15) is 12.5 Å². The van der Waals surface area contributed by atoms with E-state index in [1.54, 1.807) is 12.1 Å². The zero-order valence-corrected chi connectivity index (χ0v) is 16.7. The molecule has 0 radical (unpaired) electrons. The molecular weight excluding hydrogens is 352 g/mol. The van der Waals surface area contributed by atoms with Crippen molar-refractivity contribution in [1.82, 2.24) is 4.90 Å². The quantitative estimate of drug-likeness (QED) is 0.595. The van der Waals surface area contributed by atoms with Crippen molar-refractivity contribution in [3.05, 3.63) is 70.5 Å². The summed E-state index contributed by atoms with van der Waals surface area (Å²) in [7, 11) is 0. The van der Waals surface area contributed by atoms with Gasteiger partial charge in [-0.2, -0.15) is 0 Å². The Hall–Kier alpha value is -1.74. The van der Waals surface area contributed by atoms with Crippen LogP contribution in [0.4, 0.5) is 8.78 Å². The number of fused-ring (bicyclic) bond motifs is 1. The second-order valence-electron chi connectivity index (χ2n) is 8.65. The highest BCUT2D eigenvalue weighted by atomic mass is 19.1. The lowest BCUT2D eigenvalue weighted by Gasteiger charge is -2.36. The molecule has 0 saturated carbocycles. The van der Waals surface area contributed by atoms with Gasteiger partial charge in [0.15, 0.2) is 0 Å². The highest BCUT2D eigenvalue weighted by molar-refractivity contribution is 5.33. The van der Waals surface area contributed by atoms with E-state index in [9.17, 15) is 8.78 Å². The van der Waals surface area contributed by atoms with Crippen LogP contribution in [-0.2, 0) is 25.9 Å². The van der Waals surface area contributed by atoms with Crippen molar-refractivity contribution in [2.45, 2.75) is 51.6 Å². The van der Waals surface area contributed by atoms with Crippen molar-refractivity contribution >= 4 is 0 Å². The summed E-state index contributed by atoms with van der Waals surface area (Å²) in [5.41, 5.74) is 4.88. The molecular formula is C25H31F2N. The second-order valence-corrected chi connectivity index (χ2v) is 8.65. The average molecular weight is 384 g/mol. The largest absolute Gasteiger partial charge is 0.303 e. The summed E-state index contributed by atoms with van der Waals surface area (Å²) in [5.74, 6) is 1.38. The van der Waals surface area contributed by atoms with Gasteiger partial charge in [-0.05, 0) is 104 Å². The average Bonchev–Trinajstić information content (AvgIpc) is 2.95. The van der Waals surface area contributed by atoms with Crippen LogP contribution >= 0.6 is 0 Å². The van der Waals surface area contributed by atoms with Gasteiger partial charge in [0, 0.05) is 6.54 Å². The minimum absolute atomic E-state index is 0.159. The molecule has 4 rings (SSSR count). The summed E-state index contributed by atoms with van der Waals surface area (Å²) in [5, 5.41) is 0. The molecule has 150 valence electrons. The van der Waals surface area contributed by atoms with E-state index in [0.29, 0.717) is 0 Å². The van der Waals surface area contributed by atoms with E-state index in [-0.39, 0.29) is 12.5 Å². The van der Waals surface area contributed by atoms with Gasteiger partial charge in [0.25, 0.3) is 0 Å². The molecule has 1 saturated heterocycles. The molecule has 1 atom stereocenters. The fourth-order valence-corrected chi connectivity index (χ4v) is 5.12. The third-order valence-electron chi connectivity index (χ3n) is 6.86. The van der Waals surface area contributed by atoms with Gasteiger partial charge in [-0.1, -0.05) is 30.3 Å². The summed E-state index contributed by atoms with van der Waals surface area (Å²) in [6.07, 6.45) is 8.38. The summed E-state index contributed by atoms with van der Waals surface area (Å²) in [6.45, 7) is 3.04. The maximum atomic E-state index is 13.1. The Morgan fingerprint density at radius 3 is 2.36 bits per heavy atom. The lowest BCUT2D eigenvalue weighted by atomic mass is 9.79. The number of nitrogens with zero attached hydrogens (tertiary/aromatic N) is 1. The first-order chi connectivity index (χ1) is 13.7. The van der Waals surface area contributed by atoms with E-state index >= 15 is 0 Å². The highest BCUT2D eigenvalue weighted by Crippen LogP contribution is 2.35. The Morgan fingerprint density at radius 2 is 1.61 bits per heavy atom. The summed E-state index contributed by atoms with van der Waals surface area (Å²) in [6, 6.07) is 13.1. The monoisotopic (exact) mass is 383 g/mol. The van der Waals surface area contributed by atoms with E-state index in [4.69, 9.17) is 0 Å². The Morgan fingerprint density at radius 1 is 0.857 bits per heavy atom. The molecule has 2 aliphatic rings. The minimum atomic E-state index is -0.357. The van der Waals surface area contributed by atoms with Crippen LogP contribution in [0.3, 0.4) is 0 Å². The molecule has 1 unspecified atom stereocenters. The predicted octanol–water partition coefficient (Wildman–Crippen LogP) is 5.74. The van der Waals surface area contributed by atoms with E-state index in [1.165, 1.54) is 55.5 Å². The van der Waals surface area contributed by atoms with Gasteiger partial charge in [-0.25, -0.2) is 8.78 Å². The Labute approximate surface area is 167 Å². The molecule has 2 aromatic rings. The zero-order valence-electron chi connectivity index (χ0n) is 16.7. The van der Waals surface area contributed by atoms with E-state index < -0.39 is 0 Å². The van der Waals surface area contributed by atoms with Gasteiger partial charge in [0.05, 0.1) is 0 Å². The number of aryl methyl sites for hydroxylation is 1. The molecule has 0 spiro atoms. The maximum Gasteiger partial charge on any atom is 0.123 e. The van der Waals surface area contributed by atoms with Crippen molar-refractivity contribution < 1.29 is 8.78 Å². The molecule has 1 aliphatic heterocycles. The molecule has 3 heteroatoms. The number of hydrogen-bond acceptors (Lipinski definition) is 1. The van der Waals surface area contributed by atoms with Crippen molar-refractivity contribution in [1.29, 1.82) is 0 Å². The fraction of sp³-hybridized carbons (Fsp3) is 0.520. The molecule has 1 aliphatic carbocycles. The number of benzene rings is 2. The van der Waals surface area contributed by atoms with Gasteiger partial charge in [0.2, 0.25) is 0 Å². The van der Waals surface area contributed by atoms with E-state index in [0.717, 1.165) is 43.2 Å². The van der Waals surface area contributed by atoms with E-state index in [2.05, 4.69) is 17.0 Å². The first-order valence-electron chi connectivity index (χ1n) is 10.8. The van der Waals surface area contributed by atoms with Crippen molar-refractivity contribution in [2.75, 3.05) is 19.6 Å². The molecule has 1 fully saturated rings. The molecule has 1 nitrogen and oxygen atoms in total. The molecule has 0 amide bonds. The van der Waals surface area contributed by atoms with Crippen LogP contribution in [0.15, 0.2) is 42.5 Å². The summed E-state index contributed by atoms with van der Waals surface area (Å²) < 4.78 is 26.1. The highest BCUT2D eigenvalue weighted by Gasteiger charge is 2.28. The molecule has 28 heavy (non-hydrogen) atoms. The Bertz CT molecular complexity index is 763. The van der Waals surface area contributed by atoms with Crippen LogP contribution in [0, 0.1) is 17.7 Å². The molecule has 1 heterocycles. The number of alkyl halides is 1. The normalized spacial score (nSPS) is 21.3. The molecule has 2 aromatic carbocycles. The Balaban J connectivity index is 1.30. The molecule has 0 aromatic heterocycles. The number of likely N-dealkylation sites (tertiary alicyclic amines) is 1. The van der Waals surface area contributed by atoms with E-state index in [1.807, 2.05) is 18.2 Å². The standard InChI is InChI=1S/C25H31F2N/c26-18-20-4-7-21-2-1-3-23(17-24(21)16-20)22-11-14-28(15-12-22)13-10-19-5-8-25(27)9-6-19/h4-9,16,22-23H,1-3,10-15,17-18H2. The predicted molar refractivity (Wildman–Crippen MR) is 111 cm³/mol. The van der Waals surface area contributed by atoms with Crippen molar-refractivity contribution in [3.8, 4) is 0 Å². The van der Waals surface area contributed by atoms with Crippen LogP contribution in [0.2, 0.25) is 0 Å². The third kappa shape index (κ3) is 4.81. The second kappa shape index (κ2) is 9.17. The first kappa shape index (κ1) is 19.6. The number of piperidine rings is 1. The smallest absolute Gasteiger partial charge is 0.123 e. The molecule has 0 bridgehead atoms. The topological polar surface area (TPSA) is 3.24 Å². The van der Waals surface area contributed by atoms with Crippen LogP contribution in [0.25, 0.3) is 0 Å². The third-order valence-corrected chi connectivity index (χ3v) is 6.86. The van der Waals surface area contributed by atoms with Crippen LogP contribution < -0.4 is 0 Å². The first-order valence-corrected chi connectivity index (χ1v) is 10.8. The fourth-order valence-electron chi connectivity index (χ4n) is 5.12. The maximum absolute atomic E-state index is 13.1. The molecule has 0 N–H and O–H groups in total. The van der Waals surface area contributed by atoms with Crippen molar-refractivity contribution in [3.63, 3.8) is 0 Å². The number of hydrogen-bond donors (Lipinski definition) is 0. The SMILES string of the molecule is FCc1ccc2c(c1)CC(C1CCN(CCc3ccc(F)cc3)CC1)CCC2. The van der Waals surface area contributed by atoms with Gasteiger partial charge in [-0.15, -0.1) is 0 Å². The summed E-state index contributed by atoms with van der Waals surface area (Å²) >= 11 is 0. The van der Waals surface area contributed by atoms with Gasteiger partial charge >= 0.3 is 0 Å². The van der Waals surface area contributed by atoms with Crippen LogP contribution in [0.5, 0.6) is 0 Å². The zero-order chi connectivity index (χ0) is 19.3. The number of rotatable bonds is 5. The van der Waals surface area contributed by atoms with Crippen molar-refractivity contribution in [2.24, 2.45) is 11.8 Å². The Kier molecular flexibility index (Phi) is 6.41. The van der Waals surface area contributed by atoms with Crippen LogP contribution in [-0.4, -0.2) is 24.5 Å². The van der Waals surface area contributed by atoms with Gasteiger partial charge in [-0.3, -0.25) is 0 Å². The lowest BCUT2D eigenvalue weighted by Crippen LogP contribution is -2.37. The van der Waals surface area contributed by atoms with Crippen LogP contribution in [0.1, 0.15) is 47.9 Å². The number of halogens is 2. The summed E-state index contributed by atoms with van der Waals surface area (Å²) in [4.78, 5) is 2.56. The van der Waals surface area contributed by atoms with Gasteiger partial charge < -0.3 is 4.90 Å². The minimum Gasteiger partial charge on any atom is -0.303 e.